The summed E-state index contributed by atoms with van der Waals surface area (Å²) in [5, 5.41) is 5.77. The summed E-state index contributed by atoms with van der Waals surface area (Å²) in [6, 6.07) is 7.64. The Morgan fingerprint density at radius 3 is 2.38 bits per heavy atom. The lowest BCUT2D eigenvalue weighted by Gasteiger charge is -2.55. The molecular formula is C32H50N4O3. The average Bonchev–Trinajstić information content (AvgIpc) is 2.94. The van der Waals surface area contributed by atoms with Gasteiger partial charge in [-0.05, 0) is 113 Å². The predicted molar refractivity (Wildman–Crippen MR) is 157 cm³/mol. The third-order valence-electron chi connectivity index (χ3n) is 9.99. The lowest BCUT2D eigenvalue weighted by Crippen LogP contribution is -2.55. The molecule has 5 rings (SSSR count). The van der Waals surface area contributed by atoms with Crippen LogP contribution in [-0.2, 0) is 14.4 Å². The molecule has 2 N–H and O–H groups in total. The highest BCUT2D eigenvalue weighted by Crippen LogP contribution is 2.50. The lowest BCUT2D eigenvalue weighted by molar-refractivity contribution is -0.135. The van der Waals surface area contributed by atoms with Crippen LogP contribution in [0.2, 0.25) is 0 Å². The van der Waals surface area contributed by atoms with E-state index in [1.807, 2.05) is 25.8 Å². The van der Waals surface area contributed by atoms with Gasteiger partial charge in [0.1, 0.15) is 0 Å². The molecule has 1 aliphatic carbocycles. The van der Waals surface area contributed by atoms with Crippen molar-refractivity contribution in [2.24, 2.45) is 17.3 Å². The van der Waals surface area contributed by atoms with E-state index in [1.165, 1.54) is 75.8 Å². The molecule has 1 spiro atoms. The summed E-state index contributed by atoms with van der Waals surface area (Å²) in [5.74, 6) is 0.670. The second-order valence-corrected chi connectivity index (χ2v) is 12.7. The topological polar surface area (TPSA) is 81.8 Å². The summed E-state index contributed by atoms with van der Waals surface area (Å²) < 4.78 is 0. The van der Waals surface area contributed by atoms with Crippen molar-refractivity contribution in [1.29, 1.82) is 0 Å². The third kappa shape index (κ3) is 7.10. The number of nitrogens with zero attached hydrogens (tertiary/aromatic N) is 2. The molecule has 4 fully saturated rings. The summed E-state index contributed by atoms with van der Waals surface area (Å²) in [6.45, 7) is 13.0. The second-order valence-electron chi connectivity index (χ2n) is 12.7. The van der Waals surface area contributed by atoms with Crippen molar-refractivity contribution < 1.29 is 14.4 Å². The Balaban J connectivity index is 0.000000333. The van der Waals surface area contributed by atoms with Gasteiger partial charge < -0.3 is 15.1 Å². The number of hydrogen-bond acceptors (Lipinski definition) is 5. The number of rotatable bonds is 5. The quantitative estimate of drug-likeness (QED) is 0.528. The number of hydrogen-bond donors (Lipinski definition) is 2. The SMILES string of the molecule is CC1CCC(=O)NC1=O.CCC(C)C(=O)N(C)c1cc(C2CCN(C3CC4(CCNCC4)C3)CC2)ccc1C. The zero-order valence-corrected chi connectivity index (χ0v) is 24.9. The summed E-state index contributed by atoms with van der Waals surface area (Å²) in [6.07, 6.45) is 10.2. The van der Waals surface area contributed by atoms with E-state index in [-0.39, 0.29) is 29.6 Å². The minimum Gasteiger partial charge on any atom is -0.317 e. The lowest BCUT2D eigenvalue weighted by atomic mass is 9.60. The first-order valence-corrected chi connectivity index (χ1v) is 15.3. The highest BCUT2D eigenvalue weighted by molar-refractivity contribution is 5.98. The number of carbonyl (C=O) groups is 3. The van der Waals surface area contributed by atoms with E-state index in [0.717, 1.165) is 18.2 Å². The van der Waals surface area contributed by atoms with Crippen LogP contribution in [0.4, 0.5) is 5.69 Å². The molecule has 3 amide bonds. The Kier molecular flexibility index (Phi) is 9.87. The standard InChI is InChI=1S/C26H41N3O.C6H9NO2/c1-5-19(2)25(30)28(4)24-16-22(7-6-20(24)3)21-8-14-29(15-9-21)23-17-26(18-23)10-12-27-13-11-26;1-4-2-3-5(8)7-6(4)9/h6-7,16,19,21,23,27H,5,8-15,17-18H2,1-4H3;4H,2-3H2,1H3,(H,7,8,9). The Hall–Kier alpha value is -2.25. The van der Waals surface area contributed by atoms with Crippen LogP contribution < -0.4 is 15.5 Å². The number of aryl methyl sites for hydroxylation is 1. The first kappa shape index (κ1) is 29.7. The monoisotopic (exact) mass is 538 g/mol. The molecule has 3 heterocycles. The van der Waals surface area contributed by atoms with Crippen LogP contribution in [0.25, 0.3) is 0 Å². The van der Waals surface area contributed by atoms with E-state index >= 15 is 0 Å². The van der Waals surface area contributed by atoms with Crippen LogP contribution >= 0.6 is 0 Å². The second kappa shape index (κ2) is 12.9. The van der Waals surface area contributed by atoms with Crippen molar-refractivity contribution >= 4 is 23.4 Å². The smallest absolute Gasteiger partial charge is 0.229 e. The van der Waals surface area contributed by atoms with E-state index in [9.17, 15) is 14.4 Å². The van der Waals surface area contributed by atoms with Gasteiger partial charge >= 0.3 is 0 Å². The van der Waals surface area contributed by atoms with Crippen molar-refractivity contribution in [3.63, 3.8) is 0 Å². The normalized spacial score (nSPS) is 24.8. The number of benzene rings is 1. The molecule has 3 saturated heterocycles. The minimum absolute atomic E-state index is 0.0164. The number of amides is 3. The highest BCUT2D eigenvalue weighted by Gasteiger charge is 2.47. The minimum atomic E-state index is -0.141. The van der Waals surface area contributed by atoms with Crippen LogP contribution in [0.5, 0.6) is 0 Å². The van der Waals surface area contributed by atoms with Crippen LogP contribution in [0.15, 0.2) is 18.2 Å². The van der Waals surface area contributed by atoms with Gasteiger partial charge in [-0.15, -0.1) is 0 Å². The molecule has 7 nitrogen and oxygen atoms in total. The van der Waals surface area contributed by atoms with E-state index in [2.05, 4.69) is 47.6 Å². The molecule has 0 radical (unpaired) electrons. The average molecular weight is 539 g/mol. The number of imide groups is 1. The number of anilines is 1. The van der Waals surface area contributed by atoms with Crippen molar-refractivity contribution in [3.05, 3.63) is 29.3 Å². The molecule has 0 bridgehead atoms. The van der Waals surface area contributed by atoms with Crippen molar-refractivity contribution in [1.82, 2.24) is 15.5 Å². The maximum absolute atomic E-state index is 12.7. The van der Waals surface area contributed by atoms with Gasteiger partial charge in [0.25, 0.3) is 0 Å². The third-order valence-corrected chi connectivity index (χ3v) is 9.99. The predicted octanol–water partition coefficient (Wildman–Crippen LogP) is 4.77. The Morgan fingerprint density at radius 2 is 1.79 bits per heavy atom. The highest BCUT2D eigenvalue weighted by atomic mass is 16.2. The van der Waals surface area contributed by atoms with E-state index < -0.39 is 0 Å². The maximum atomic E-state index is 12.7. The Labute approximate surface area is 235 Å². The molecule has 4 aliphatic rings. The summed E-state index contributed by atoms with van der Waals surface area (Å²) in [5.41, 5.74) is 4.37. The maximum Gasteiger partial charge on any atom is 0.229 e. The fourth-order valence-corrected chi connectivity index (χ4v) is 6.83. The van der Waals surface area contributed by atoms with Gasteiger partial charge in [-0.1, -0.05) is 32.9 Å². The molecule has 39 heavy (non-hydrogen) atoms. The van der Waals surface area contributed by atoms with E-state index in [4.69, 9.17) is 0 Å². The number of piperidine rings is 3. The zero-order chi connectivity index (χ0) is 28.2. The molecule has 1 aromatic rings. The van der Waals surface area contributed by atoms with Crippen LogP contribution in [-0.4, -0.2) is 61.9 Å². The van der Waals surface area contributed by atoms with Gasteiger partial charge in [-0.25, -0.2) is 0 Å². The first-order valence-electron chi connectivity index (χ1n) is 15.3. The fourth-order valence-electron chi connectivity index (χ4n) is 6.83. The van der Waals surface area contributed by atoms with E-state index in [0.29, 0.717) is 24.2 Å². The molecule has 1 saturated carbocycles. The fraction of sp³-hybridized carbons (Fsp3) is 0.719. The Bertz CT molecular complexity index is 1020. The van der Waals surface area contributed by atoms with Gasteiger partial charge in [-0.2, -0.15) is 0 Å². The molecule has 1 aromatic carbocycles. The number of carbonyl (C=O) groups excluding carboxylic acids is 3. The van der Waals surface area contributed by atoms with Crippen LogP contribution in [0.1, 0.15) is 95.6 Å². The largest absolute Gasteiger partial charge is 0.317 e. The van der Waals surface area contributed by atoms with Gasteiger partial charge in [0, 0.05) is 37.0 Å². The van der Waals surface area contributed by atoms with Crippen LogP contribution in [0.3, 0.4) is 0 Å². The van der Waals surface area contributed by atoms with Crippen molar-refractivity contribution in [3.8, 4) is 0 Å². The molecule has 3 aliphatic heterocycles. The molecule has 7 heteroatoms. The van der Waals surface area contributed by atoms with Crippen LogP contribution in [0, 0.1) is 24.2 Å². The van der Waals surface area contributed by atoms with Gasteiger partial charge in [0.15, 0.2) is 0 Å². The summed E-state index contributed by atoms with van der Waals surface area (Å²) >= 11 is 0. The molecule has 2 unspecified atom stereocenters. The zero-order valence-electron chi connectivity index (χ0n) is 24.9. The van der Waals surface area contributed by atoms with Gasteiger partial charge in [0.2, 0.25) is 17.7 Å². The molecule has 2 atom stereocenters. The Morgan fingerprint density at radius 1 is 1.13 bits per heavy atom. The molecule has 0 aromatic heterocycles. The van der Waals surface area contributed by atoms with Gasteiger partial charge in [-0.3, -0.25) is 19.7 Å². The van der Waals surface area contributed by atoms with Crippen molar-refractivity contribution in [2.45, 2.75) is 97.4 Å². The molecular weight excluding hydrogens is 488 g/mol. The number of nitrogens with one attached hydrogen (secondary N) is 2. The summed E-state index contributed by atoms with van der Waals surface area (Å²) in [7, 11) is 1.94. The summed E-state index contributed by atoms with van der Waals surface area (Å²) in [4.78, 5) is 38.5. The first-order chi connectivity index (χ1) is 18.6. The van der Waals surface area contributed by atoms with E-state index in [1.54, 1.807) is 0 Å². The molecule has 216 valence electrons. The number of likely N-dealkylation sites (tertiary alicyclic amines) is 1. The van der Waals surface area contributed by atoms with Crippen molar-refractivity contribution in [2.75, 3.05) is 38.1 Å². The van der Waals surface area contributed by atoms with Gasteiger partial charge in [0.05, 0.1) is 0 Å².